The smallest absolute Gasteiger partial charge is 0.411 e. The van der Waals surface area contributed by atoms with Crippen LogP contribution in [0.1, 0.15) is 20.8 Å². The van der Waals surface area contributed by atoms with Gasteiger partial charge in [-0.25, -0.2) is 4.79 Å². The van der Waals surface area contributed by atoms with Gasteiger partial charge < -0.3 is 16.2 Å². The fourth-order valence-electron chi connectivity index (χ4n) is 0.888. The molecule has 0 aliphatic heterocycles. The molecule has 0 fully saturated rings. The van der Waals surface area contributed by atoms with Gasteiger partial charge in [0.25, 0.3) is 0 Å². The van der Waals surface area contributed by atoms with Crippen LogP contribution in [0.4, 0.5) is 4.79 Å². The molecule has 16 heavy (non-hydrogen) atoms. The first-order chi connectivity index (χ1) is 7.11. The average molecular weight is 231 g/mol. The maximum atomic E-state index is 11.5. The lowest BCUT2D eigenvalue weighted by Crippen LogP contribution is -2.45. The zero-order valence-electron chi connectivity index (χ0n) is 9.65. The van der Waals surface area contributed by atoms with Crippen molar-refractivity contribution >= 4 is 17.9 Å². The highest BCUT2D eigenvalue weighted by Gasteiger charge is 2.24. The van der Waals surface area contributed by atoms with Crippen molar-refractivity contribution in [1.29, 1.82) is 0 Å². The van der Waals surface area contributed by atoms with E-state index in [-0.39, 0.29) is 0 Å². The summed E-state index contributed by atoms with van der Waals surface area (Å²) in [7, 11) is 0. The Labute approximate surface area is 93.7 Å². The number of carbonyl (C=O) groups is 3. The van der Waals surface area contributed by atoms with E-state index in [1.807, 2.05) is 0 Å². The van der Waals surface area contributed by atoms with Gasteiger partial charge in [-0.1, -0.05) is 0 Å². The van der Waals surface area contributed by atoms with Crippen molar-refractivity contribution < 1.29 is 19.1 Å². The first-order valence-electron chi connectivity index (χ1n) is 4.66. The van der Waals surface area contributed by atoms with Gasteiger partial charge >= 0.3 is 6.09 Å². The van der Waals surface area contributed by atoms with Gasteiger partial charge in [-0.3, -0.25) is 14.5 Å². The van der Waals surface area contributed by atoms with E-state index in [1.165, 1.54) is 0 Å². The number of hydrogen-bond acceptors (Lipinski definition) is 4. The molecule has 0 unspecified atom stereocenters. The van der Waals surface area contributed by atoms with E-state index in [2.05, 4.69) is 0 Å². The largest absolute Gasteiger partial charge is 0.444 e. The quantitative estimate of drug-likeness (QED) is 0.658. The Hall–Kier alpha value is -1.79. The van der Waals surface area contributed by atoms with E-state index in [0.29, 0.717) is 0 Å². The van der Waals surface area contributed by atoms with Crippen LogP contribution in [0.2, 0.25) is 0 Å². The topological polar surface area (TPSA) is 116 Å². The van der Waals surface area contributed by atoms with Crippen LogP contribution in [0, 0.1) is 0 Å². The summed E-state index contributed by atoms with van der Waals surface area (Å²) in [5.74, 6) is -1.49. The molecule has 0 aromatic rings. The van der Waals surface area contributed by atoms with Crippen molar-refractivity contribution in [3.8, 4) is 0 Å². The maximum absolute atomic E-state index is 11.5. The second kappa shape index (κ2) is 5.34. The summed E-state index contributed by atoms with van der Waals surface area (Å²) >= 11 is 0. The Balaban J connectivity index is 4.56. The SMILES string of the molecule is CC(C)(C)OC(=O)N(CC(N)=O)CC(N)=O. The first kappa shape index (κ1) is 14.2. The molecule has 7 heteroatoms. The Kier molecular flexibility index (Phi) is 4.74. The van der Waals surface area contributed by atoms with E-state index < -0.39 is 36.6 Å². The Bertz CT molecular complexity index is 280. The van der Waals surface area contributed by atoms with E-state index >= 15 is 0 Å². The average Bonchev–Trinajstić information content (AvgIpc) is 1.97. The molecule has 0 heterocycles. The molecule has 3 amide bonds. The molecule has 0 rings (SSSR count). The third-order valence-corrected chi connectivity index (χ3v) is 1.35. The molecule has 0 atom stereocenters. The molecule has 0 spiro atoms. The van der Waals surface area contributed by atoms with Gasteiger partial charge in [-0.05, 0) is 20.8 Å². The lowest BCUT2D eigenvalue weighted by Gasteiger charge is -2.25. The molecule has 0 saturated carbocycles. The van der Waals surface area contributed by atoms with E-state index in [0.717, 1.165) is 4.90 Å². The van der Waals surface area contributed by atoms with Crippen LogP contribution in [-0.2, 0) is 14.3 Å². The summed E-state index contributed by atoms with van der Waals surface area (Å²) in [6.45, 7) is 4.18. The fraction of sp³-hybridized carbons (Fsp3) is 0.667. The minimum absolute atomic E-state index is 0.405. The summed E-state index contributed by atoms with van der Waals surface area (Å²) in [6.07, 6.45) is -0.801. The molecule has 92 valence electrons. The number of hydrogen-bond donors (Lipinski definition) is 2. The van der Waals surface area contributed by atoms with Crippen molar-refractivity contribution in [2.75, 3.05) is 13.1 Å². The van der Waals surface area contributed by atoms with Crippen molar-refractivity contribution in [1.82, 2.24) is 4.90 Å². The van der Waals surface area contributed by atoms with Crippen molar-refractivity contribution in [3.63, 3.8) is 0 Å². The van der Waals surface area contributed by atoms with Gasteiger partial charge in [0, 0.05) is 0 Å². The number of nitrogens with two attached hydrogens (primary N) is 2. The van der Waals surface area contributed by atoms with E-state index in [1.54, 1.807) is 20.8 Å². The summed E-state index contributed by atoms with van der Waals surface area (Å²) < 4.78 is 4.97. The van der Waals surface area contributed by atoms with Crippen LogP contribution in [0.5, 0.6) is 0 Å². The van der Waals surface area contributed by atoms with Crippen LogP contribution in [0.25, 0.3) is 0 Å². The molecule has 0 bridgehead atoms. The lowest BCUT2D eigenvalue weighted by atomic mass is 10.2. The molecule has 0 aromatic carbocycles. The minimum atomic E-state index is -0.801. The van der Waals surface area contributed by atoms with E-state index in [9.17, 15) is 14.4 Å². The monoisotopic (exact) mass is 231 g/mol. The van der Waals surface area contributed by atoms with Crippen LogP contribution >= 0.6 is 0 Å². The molecule has 0 aromatic heterocycles. The number of nitrogens with zero attached hydrogens (tertiary/aromatic N) is 1. The lowest BCUT2D eigenvalue weighted by molar-refractivity contribution is -0.122. The van der Waals surface area contributed by atoms with Gasteiger partial charge in [-0.15, -0.1) is 0 Å². The highest BCUT2D eigenvalue weighted by Crippen LogP contribution is 2.09. The van der Waals surface area contributed by atoms with Gasteiger partial charge in [-0.2, -0.15) is 0 Å². The second-order valence-electron chi connectivity index (χ2n) is 4.27. The van der Waals surface area contributed by atoms with Gasteiger partial charge in [0.2, 0.25) is 11.8 Å². The molecular formula is C9H17N3O4. The number of amides is 3. The highest BCUT2D eigenvalue weighted by atomic mass is 16.6. The number of primary amides is 2. The van der Waals surface area contributed by atoms with Gasteiger partial charge in [0.05, 0.1) is 0 Å². The normalized spacial score (nSPS) is 10.7. The predicted molar refractivity (Wildman–Crippen MR) is 56.2 cm³/mol. The molecule has 4 N–H and O–H groups in total. The summed E-state index contributed by atoms with van der Waals surface area (Å²) in [5, 5.41) is 0. The number of rotatable bonds is 4. The number of ether oxygens (including phenoxy) is 1. The summed E-state index contributed by atoms with van der Waals surface area (Å²) in [6, 6.07) is 0. The first-order valence-corrected chi connectivity index (χ1v) is 4.66. The molecular weight excluding hydrogens is 214 g/mol. The third kappa shape index (κ3) is 6.63. The molecule has 0 saturated heterocycles. The molecule has 0 aliphatic carbocycles. The molecule has 0 aliphatic rings. The highest BCUT2D eigenvalue weighted by molar-refractivity contribution is 5.85. The predicted octanol–water partition coefficient (Wildman–Crippen LogP) is -0.806. The minimum Gasteiger partial charge on any atom is -0.444 e. The third-order valence-electron chi connectivity index (χ3n) is 1.35. The standard InChI is InChI=1S/C9H17N3O4/c1-9(2,3)16-8(15)12(4-6(10)13)5-7(11)14/h4-5H2,1-3H3,(H2,10,13)(H2,11,14). The van der Waals surface area contributed by atoms with Crippen LogP contribution < -0.4 is 11.5 Å². The Morgan fingerprint density at radius 2 is 1.44 bits per heavy atom. The van der Waals surface area contributed by atoms with Crippen LogP contribution in [0.3, 0.4) is 0 Å². The van der Waals surface area contributed by atoms with Crippen molar-refractivity contribution in [2.24, 2.45) is 11.5 Å². The van der Waals surface area contributed by atoms with Crippen LogP contribution in [0.15, 0.2) is 0 Å². The second-order valence-corrected chi connectivity index (χ2v) is 4.27. The zero-order valence-corrected chi connectivity index (χ0v) is 9.65. The van der Waals surface area contributed by atoms with Gasteiger partial charge in [0.15, 0.2) is 0 Å². The van der Waals surface area contributed by atoms with Crippen molar-refractivity contribution in [2.45, 2.75) is 26.4 Å². The zero-order chi connectivity index (χ0) is 12.9. The Morgan fingerprint density at radius 1 is 1.06 bits per heavy atom. The van der Waals surface area contributed by atoms with E-state index in [4.69, 9.17) is 16.2 Å². The molecule has 7 nitrogen and oxygen atoms in total. The number of carbonyl (C=O) groups excluding carboxylic acids is 3. The summed E-state index contributed by atoms with van der Waals surface area (Å²) in [5.41, 5.74) is 9.14. The summed E-state index contributed by atoms with van der Waals surface area (Å²) in [4.78, 5) is 33.7. The van der Waals surface area contributed by atoms with Gasteiger partial charge in [0.1, 0.15) is 18.7 Å². The van der Waals surface area contributed by atoms with Crippen LogP contribution in [-0.4, -0.2) is 41.5 Å². The fourth-order valence-corrected chi connectivity index (χ4v) is 0.888. The molecule has 0 radical (unpaired) electrons. The van der Waals surface area contributed by atoms with Crippen molar-refractivity contribution in [3.05, 3.63) is 0 Å². The maximum Gasteiger partial charge on any atom is 0.411 e. The Morgan fingerprint density at radius 3 is 1.69 bits per heavy atom.